The first-order valence-corrected chi connectivity index (χ1v) is 9.52. The molecule has 0 fully saturated rings. The Morgan fingerprint density at radius 2 is 2.08 bits per heavy atom. The van der Waals surface area contributed by atoms with Crippen molar-refractivity contribution in [2.75, 3.05) is 11.1 Å². The molecule has 7 heteroatoms. The molecule has 2 aromatic carbocycles. The highest BCUT2D eigenvalue weighted by Gasteiger charge is 2.31. The first-order chi connectivity index (χ1) is 12.5. The van der Waals surface area contributed by atoms with Gasteiger partial charge in [-0.2, -0.15) is 5.10 Å². The summed E-state index contributed by atoms with van der Waals surface area (Å²) in [5.41, 5.74) is 3.37. The zero-order valence-corrected chi connectivity index (χ0v) is 15.5. The van der Waals surface area contributed by atoms with E-state index in [1.165, 1.54) is 11.8 Å². The van der Waals surface area contributed by atoms with Crippen molar-refractivity contribution >= 4 is 35.1 Å². The number of carbonyl (C=O) groups excluding carboxylic acids is 1. The molecule has 2 N–H and O–H groups in total. The molecule has 4 rings (SSSR count). The number of nitrogens with zero attached hydrogens (tertiary/aromatic N) is 2. The van der Waals surface area contributed by atoms with Crippen molar-refractivity contribution in [1.29, 1.82) is 0 Å². The predicted octanol–water partition coefficient (Wildman–Crippen LogP) is 4.31. The van der Waals surface area contributed by atoms with E-state index in [0.717, 1.165) is 16.8 Å². The molecule has 0 saturated carbocycles. The Balaban J connectivity index is 1.92. The number of carbonyl (C=O) groups is 1. The second-order valence-electron chi connectivity index (χ2n) is 6.05. The van der Waals surface area contributed by atoms with Gasteiger partial charge in [-0.3, -0.25) is 4.79 Å². The van der Waals surface area contributed by atoms with Crippen LogP contribution in [0, 0.1) is 6.92 Å². The zero-order valence-electron chi connectivity index (χ0n) is 13.9. The molecule has 1 aliphatic rings. The van der Waals surface area contributed by atoms with E-state index in [9.17, 15) is 9.90 Å². The van der Waals surface area contributed by atoms with Crippen molar-refractivity contribution in [3.63, 3.8) is 0 Å². The number of fused-ring (bicyclic) bond motifs is 1. The molecule has 0 spiro atoms. The fraction of sp³-hybridized carbons (Fsp3) is 0.158. The number of phenolic OH excluding ortho intramolecular Hbond substituents is 1. The van der Waals surface area contributed by atoms with Crippen molar-refractivity contribution in [3.05, 3.63) is 70.4 Å². The quantitative estimate of drug-likeness (QED) is 0.689. The van der Waals surface area contributed by atoms with Gasteiger partial charge in [0.05, 0.1) is 27.4 Å². The third-order valence-electron chi connectivity index (χ3n) is 4.26. The van der Waals surface area contributed by atoms with Crippen LogP contribution in [0.15, 0.2) is 48.5 Å². The monoisotopic (exact) mass is 385 g/mol. The lowest BCUT2D eigenvalue weighted by molar-refractivity contribution is -0.113. The van der Waals surface area contributed by atoms with Gasteiger partial charge in [0.2, 0.25) is 5.91 Å². The molecule has 1 aromatic heterocycles. The second-order valence-corrected chi connectivity index (χ2v) is 7.55. The minimum absolute atomic E-state index is 0.0906. The van der Waals surface area contributed by atoms with Crippen LogP contribution in [-0.4, -0.2) is 26.5 Å². The fourth-order valence-corrected chi connectivity index (χ4v) is 4.53. The van der Waals surface area contributed by atoms with Gasteiger partial charge in [-0.25, -0.2) is 4.68 Å². The number of benzene rings is 2. The Morgan fingerprint density at radius 3 is 2.85 bits per heavy atom. The van der Waals surface area contributed by atoms with Gasteiger partial charge >= 0.3 is 0 Å². The van der Waals surface area contributed by atoms with Gasteiger partial charge in [-0.05, 0) is 36.8 Å². The summed E-state index contributed by atoms with van der Waals surface area (Å²) in [6, 6.07) is 14.5. The van der Waals surface area contributed by atoms with Crippen LogP contribution >= 0.6 is 23.4 Å². The summed E-state index contributed by atoms with van der Waals surface area (Å²) in [6.45, 7) is 1.92. The zero-order chi connectivity index (χ0) is 18.3. The number of hydrogen-bond acceptors (Lipinski definition) is 4. The first-order valence-electron chi connectivity index (χ1n) is 8.09. The van der Waals surface area contributed by atoms with E-state index in [4.69, 9.17) is 11.6 Å². The van der Waals surface area contributed by atoms with Gasteiger partial charge < -0.3 is 10.4 Å². The first kappa shape index (κ1) is 17.0. The SMILES string of the molecule is Cc1nn(-c2ccccc2Cl)c2c1[C@@H](c1cccc(O)c1)SCC(=O)N2. The lowest BCUT2D eigenvalue weighted by Gasteiger charge is -2.15. The largest absolute Gasteiger partial charge is 0.508 e. The number of thioether (sulfide) groups is 1. The van der Waals surface area contributed by atoms with Crippen LogP contribution in [0.1, 0.15) is 22.1 Å². The van der Waals surface area contributed by atoms with Gasteiger partial charge in [0.25, 0.3) is 0 Å². The van der Waals surface area contributed by atoms with Crippen molar-refractivity contribution < 1.29 is 9.90 Å². The van der Waals surface area contributed by atoms with Crippen molar-refractivity contribution in [1.82, 2.24) is 9.78 Å². The predicted molar refractivity (Wildman–Crippen MR) is 104 cm³/mol. The molecule has 26 heavy (non-hydrogen) atoms. The summed E-state index contributed by atoms with van der Waals surface area (Å²) in [5, 5.41) is 17.9. The molecule has 0 radical (unpaired) electrons. The number of aryl methyl sites for hydroxylation is 1. The summed E-state index contributed by atoms with van der Waals surface area (Å²) < 4.78 is 1.69. The summed E-state index contributed by atoms with van der Waals surface area (Å²) in [5.74, 6) is 1.05. The van der Waals surface area contributed by atoms with E-state index in [1.54, 1.807) is 28.9 Å². The molecule has 1 amide bonds. The molecule has 1 atom stereocenters. The standard InChI is InChI=1S/C19H16ClN3O2S/c1-11-17-18(12-5-4-6-13(24)9-12)26-10-16(25)21-19(17)23(22-11)15-8-3-2-7-14(15)20/h2-9,18,24H,10H2,1H3,(H,21,25)/t18-/m1/s1. The van der Waals surface area contributed by atoms with Gasteiger partial charge in [0, 0.05) is 5.56 Å². The molecular weight excluding hydrogens is 370 g/mol. The highest BCUT2D eigenvalue weighted by molar-refractivity contribution is 8.00. The number of amides is 1. The number of hydrogen-bond donors (Lipinski definition) is 2. The van der Waals surface area contributed by atoms with E-state index in [2.05, 4.69) is 10.4 Å². The number of anilines is 1. The number of halogens is 1. The number of para-hydroxylation sites is 1. The second kappa shape index (κ2) is 6.70. The van der Waals surface area contributed by atoms with Crippen LogP contribution in [0.2, 0.25) is 5.02 Å². The van der Waals surface area contributed by atoms with Gasteiger partial charge in [-0.1, -0.05) is 35.9 Å². The normalized spacial score (nSPS) is 16.7. The van der Waals surface area contributed by atoms with E-state index < -0.39 is 0 Å². The minimum atomic E-state index is -0.118. The molecule has 132 valence electrons. The highest BCUT2D eigenvalue weighted by Crippen LogP contribution is 2.44. The van der Waals surface area contributed by atoms with Crippen LogP contribution in [0.25, 0.3) is 5.69 Å². The third-order valence-corrected chi connectivity index (χ3v) is 5.85. The fourth-order valence-electron chi connectivity index (χ4n) is 3.13. The lowest BCUT2D eigenvalue weighted by atomic mass is 10.0. The average Bonchev–Trinajstić information content (AvgIpc) is 2.82. The van der Waals surface area contributed by atoms with E-state index >= 15 is 0 Å². The lowest BCUT2D eigenvalue weighted by Crippen LogP contribution is -2.16. The van der Waals surface area contributed by atoms with Crippen molar-refractivity contribution in [2.24, 2.45) is 0 Å². The maximum Gasteiger partial charge on any atom is 0.235 e. The van der Waals surface area contributed by atoms with Crippen molar-refractivity contribution in [3.8, 4) is 11.4 Å². The smallest absolute Gasteiger partial charge is 0.235 e. The Kier molecular flexibility index (Phi) is 4.38. The van der Waals surface area contributed by atoms with Gasteiger partial charge in [0.1, 0.15) is 11.6 Å². The van der Waals surface area contributed by atoms with Crippen LogP contribution in [0.4, 0.5) is 5.82 Å². The molecule has 0 bridgehead atoms. The summed E-state index contributed by atoms with van der Waals surface area (Å²) >= 11 is 7.86. The minimum Gasteiger partial charge on any atom is -0.508 e. The molecular formula is C19H16ClN3O2S. The molecule has 1 aliphatic heterocycles. The molecule has 2 heterocycles. The van der Waals surface area contributed by atoms with Gasteiger partial charge in [0.15, 0.2) is 0 Å². The Bertz CT molecular complexity index is 1000. The van der Waals surface area contributed by atoms with E-state index in [1.807, 2.05) is 31.2 Å². The molecule has 0 unspecified atom stereocenters. The number of aromatic nitrogens is 2. The summed E-state index contributed by atoms with van der Waals surface area (Å²) in [7, 11) is 0. The Morgan fingerprint density at radius 1 is 1.27 bits per heavy atom. The van der Waals surface area contributed by atoms with Crippen LogP contribution in [0.3, 0.4) is 0 Å². The van der Waals surface area contributed by atoms with Crippen molar-refractivity contribution in [2.45, 2.75) is 12.2 Å². The maximum absolute atomic E-state index is 12.3. The van der Waals surface area contributed by atoms with Crippen LogP contribution in [-0.2, 0) is 4.79 Å². The molecule has 3 aromatic rings. The number of nitrogens with one attached hydrogen (secondary N) is 1. The number of aromatic hydroxyl groups is 1. The molecule has 5 nitrogen and oxygen atoms in total. The topological polar surface area (TPSA) is 67.1 Å². The van der Waals surface area contributed by atoms with Crippen LogP contribution in [0.5, 0.6) is 5.75 Å². The number of phenols is 1. The Hall–Kier alpha value is -2.44. The maximum atomic E-state index is 12.3. The third kappa shape index (κ3) is 2.95. The van der Waals surface area contributed by atoms with Crippen LogP contribution < -0.4 is 5.32 Å². The van der Waals surface area contributed by atoms with E-state index in [-0.39, 0.29) is 16.9 Å². The molecule has 0 saturated heterocycles. The average molecular weight is 386 g/mol. The number of rotatable bonds is 2. The summed E-state index contributed by atoms with van der Waals surface area (Å²) in [6.07, 6.45) is 0. The van der Waals surface area contributed by atoms with Gasteiger partial charge in [-0.15, -0.1) is 11.8 Å². The molecule has 0 aliphatic carbocycles. The highest BCUT2D eigenvalue weighted by atomic mass is 35.5. The summed E-state index contributed by atoms with van der Waals surface area (Å²) in [4.78, 5) is 12.3. The van der Waals surface area contributed by atoms with E-state index in [0.29, 0.717) is 22.3 Å². The Labute approximate surface area is 160 Å².